The highest BCUT2D eigenvalue weighted by atomic mass is 32.2. The molecule has 0 bridgehead atoms. The van der Waals surface area contributed by atoms with Crippen LogP contribution >= 0.6 is 11.8 Å². The number of amides is 1. The fourth-order valence-electron chi connectivity index (χ4n) is 3.36. The lowest BCUT2D eigenvalue weighted by Gasteiger charge is -2.08. The standard InChI is InChI=1S/C23H23N3O2S/c1-3-26-21-7-5-4-6-20(21)25-23(26)29-15-22(27)24-14-16-8-9-18-13-19(28-2)11-10-17(18)12-16/h4-13H,3,14-15H2,1-2H3,(H,24,27). The van der Waals surface area contributed by atoms with Gasteiger partial charge in [-0.15, -0.1) is 0 Å². The van der Waals surface area contributed by atoms with E-state index in [9.17, 15) is 4.79 Å². The van der Waals surface area contributed by atoms with Crippen molar-refractivity contribution < 1.29 is 9.53 Å². The number of thioether (sulfide) groups is 1. The Morgan fingerprint density at radius 3 is 2.72 bits per heavy atom. The molecule has 0 radical (unpaired) electrons. The molecule has 0 aliphatic carbocycles. The average Bonchev–Trinajstić information content (AvgIpc) is 3.13. The summed E-state index contributed by atoms with van der Waals surface area (Å²) in [6.45, 7) is 3.42. The topological polar surface area (TPSA) is 56.2 Å². The third-order valence-electron chi connectivity index (χ3n) is 4.87. The highest BCUT2D eigenvalue weighted by Crippen LogP contribution is 2.24. The third-order valence-corrected chi connectivity index (χ3v) is 5.85. The smallest absolute Gasteiger partial charge is 0.230 e. The van der Waals surface area contributed by atoms with Gasteiger partial charge in [-0.2, -0.15) is 0 Å². The molecule has 5 nitrogen and oxygen atoms in total. The summed E-state index contributed by atoms with van der Waals surface area (Å²) in [7, 11) is 1.67. The molecule has 0 fully saturated rings. The van der Waals surface area contributed by atoms with Crippen molar-refractivity contribution in [1.82, 2.24) is 14.9 Å². The Bertz CT molecular complexity index is 1170. The summed E-state index contributed by atoms with van der Waals surface area (Å²) in [6.07, 6.45) is 0. The zero-order valence-electron chi connectivity index (χ0n) is 16.5. The molecule has 6 heteroatoms. The Morgan fingerprint density at radius 1 is 1.10 bits per heavy atom. The van der Waals surface area contributed by atoms with Gasteiger partial charge >= 0.3 is 0 Å². The number of nitrogens with zero attached hydrogens (tertiary/aromatic N) is 2. The highest BCUT2D eigenvalue weighted by Gasteiger charge is 2.11. The molecular formula is C23H23N3O2S. The van der Waals surface area contributed by atoms with E-state index in [4.69, 9.17) is 4.74 Å². The summed E-state index contributed by atoms with van der Waals surface area (Å²) in [6, 6.07) is 20.2. The number of nitrogens with one attached hydrogen (secondary N) is 1. The van der Waals surface area contributed by atoms with Crippen molar-refractivity contribution >= 4 is 39.5 Å². The SMILES string of the molecule is CCn1c(SCC(=O)NCc2ccc3cc(OC)ccc3c2)nc2ccccc21. The summed E-state index contributed by atoms with van der Waals surface area (Å²) in [5.74, 6) is 1.18. The Balaban J connectivity index is 1.37. The van der Waals surface area contributed by atoms with E-state index in [2.05, 4.69) is 40.0 Å². The van der Waals surface area contributed by atoms with Gasteiger partial charge in [-0.25, -0.2) is 4.98 Å². The van der Waals surface area contributed by atoms with E-state index in [1.807, 2.05) is 42.5 Å². The highest BCUT2D eigenvalue weighted by molar-refractivity contribution is 7.99. The number of methoxy groups -OCH3 is 1. The first kappa shape index (κ1) is 19.3. The van der Waals surface area contributed by atoms with Crippen molar-refractivity contribution in [3.63, 3.8) is 0 Å². The van der Waals surface area contributed by atoms with Crippen molar-refractivity contribution in [2.75, 3.05) is 12.9 Å². The zero-order chi connectivity index (χ0) is 20.2. The van der Waals surface area contributed by atoms with Crippen LogP contribution in [0.25, 0.3) is 21.8 Å². The molecular weight excluding hydrogens is 382 g/mol. The molecule has 0 aliphatic rings. The van der Waals surface area contributed by atoms with Gasteiger partial charge in [-0.3, -0.25) is 4.79 Å². The maximum atomic E-state index is 12.4. The molecule has 1 N–H and O–H groups in total. The number of hydrogen-bond acceptors (Lipinski definition) is 4. The number of para-hydroxylation sites is 2. The first-order valence-corrected chi connectivity index (χ1v) is 10.6. The van der Waals surface area contributed by atoms with Gasteiger partial charge in [0.15, 0.2) is 5.16 Å². The van der Waals surface area contributed by atoms with E-state index in [-0.39, 0.29) is 5.91 Å². The summed E-state index contributed by atoms with van der Waals surface area (Å²) >= 11 is 1.47. The number of rotatable bonds is 7. The molecule has 0 unspecified atom stereocenters. The van der Waals surface area contributed by atoms with E-state index >= 15 is 0 Å². The van der Waals surface area contributed by atoms with E-state index in [0.29, 0.717) is 12.3 Å². The number of carbonyl (C=O) groups excluding carboxylic acids is 1. The van der Waals surface area contributed by atoms with Crippen molar-refractivity contribution in [2.24, 2.45) is 0 Å². The molecule has 4 aromatic rings. The van der Waals surface area contributed by atoms with Crippen LogP contribution in [-0.2, 0) is 17.9 Å². The van der Waals surface area contributed by atoms with Crippen LogP contribution in [-0.4, -0.2) is 28.3 Å². The van der Waals surface area contributed by atoms with Crippen LogP contribution in [0.2, 0.25) is 0 Å². The van der Waals surface area contributed by atoms with Gasteiger partial charge in [0.1, 0.15) is 5.75 Å². The molecule has 0 saturated heterocycles. The fraction of sp³-hybridized carbons (Fsp3) is 0.217. The number of aromatic nitrogens is 2. The minimum absolute atomic E-state index is 0.000429. The van der Waals surface area contributed by atoms with Gasteiger partial charge in [0.2, 0.25) is 5.91 Å². The average molecular weight is 406 g/mol. The molecule has 0 saturated carbocycles. The van der Waals surface area contributed by atoms with E-state index in [1.165, 1.54) is 11.8 Å². The van der Waals surface area contributed by atoms with Crippen LogP contribution in [0.4, 0.5) is 0 Å². The number of aryl methyl sites for hydroxylation is 1. The second-order valence-electron chi connectivity index (χ2n) is 6.74. The summed E-state index contributed by atoms with van der Waals surface area (Å²) < 4.78 is 7.41. The normalized spacial score (nSPS) is 11.1. The number of fused-ring (bicyclic) bond motifs is 2. The van der Waals surface area contributed by atoms with Gasteiger partial charge < -0.3 is 14.6 Å². The van der Waals surface area contributed by atoms with Crippen LogP contribution in [0.3, 0.4) is 0 Å². The van der Waals surface area contributed by atoms with Gasteiger partial charge in [0.05, 0.1) is 23.9 Å². The van der Waals surface area contributed by atoms with Gasteiger partial charge in [0, 0.05) is 13.1 Å². The molecule has 4 rings (SSSR count). The van der Waals surface area contributed by atoms with Crippen LogP contribution in [0.1, 0.15) is 12.5 Å². The van der Waals surface area contributed by atoms with Gasteiger partial charge in [-0.05, 0) is 53.6 Å². The molecule has 148 valence electrons. The molecule has 3 aromatic carbocycles. The lowest BCUT2D eigenvalue weighted by atomic mass is 10.1. The molecule has 1 aromatic heterocycles. The number of carbonyl (C=O) groups is 1. The summed E-state index contributed by atoms with van der Waals surface area (Å²) in [4.78, 5) is 17.0. The first-order chi connectivity index (χ1) is 14.2. The quantitative estimate of drug-likeness (QED) is 0.456. The molecule has 0 atom stereocenters. The van der Waals surface area contributed by atoms with E-state index in [1.54, 1.807) is 7.11 Å². The Hall–Kier alpha value is -2.99. The molecule has 1 amide bonds. The monoisotopic (exact) mass is 405 g/mol. The van der Waals surface area contributed by atoms with Gasteiger partial charge in [0.25, 0.3) is 0 Å². The van der Waals surface area contributed by atoms with Crippen LogP contribution < -0.4 is 10.1 Å². The predicted molar refractivity (Wildman–Crippen MR) is 118 cm³/mol. The summed E-state index contributed by atoms with van der Waals surface area (Å²) in [5.41, 5.74) is 3.14. The summed E-state index contributed by atoms with van der Waals surface area (Å²) in [5, 5.41) is 6.13. The maximum Gasteiger partial charge on any atom is 0.230 e. The van der Waals surface area contributed by atoms with Crippen molar-refractivity contribution in [3.05, 3.63) is 66.2 Å². The van der Waals surface area contributed by atoms with Gasteiger partial charge in [-0.1, -0.05) is 42.1 Å². The van der Waals surface area contributed by atoms with Crippen LogP contribution in [0, 0.1) is 0 Å². The van der Waals surface area contributed by atoms with Crippen molar-refractivity contribution in [3.8, 4) is 5.75 Å². The minimum Gasteiger partial charge on any atom is -0.497 e. The van der Waals surface area contributed by atoms with Crippen LogP contribution in [0.5, 0.6) is 5.75 Å². The maximum absolute atomic E-state index is 12.4. The molecule has 0 spiro atoms. The largest absolute Gasteiger partial charge is 0.497 e. The molecule has 0 aliphatic heterocycles. The number of benzene rings is 3. The zero-order valence-corrected chi connectivity index (χ0v) is 17.3. The lowest BCUT2D eigenvalue weighted by Crippen LogP contribution is -2.24. The lowest BCUT2D eigenvalue weighted by molar-refractivity contribution is -0.118. The second-order valence-corrected chi connectivity index (χ2v) is 7.68. The van der Waals surface area contributed by atoms with E-state index in [0.717, 1.165) is 44.8 Å². The predicted octanol–water partition coefficient (Wildman–Crippen LogP) is 4.63. The Labute approximate surface area is 174 Å². The Morgan fingerprint density at radius 2 is 1.90 bits per heavy atom. The number of imidazole rings is 1. The molecule has 29 heavy (non-hydrogen) atoms. The molecule has 1 heterocycles. The van der Waals surface area contributed by atoms with Crippen molar-refractivity contribution in [2.45, 2.75) is 25.2 Å². The number of ether oxygens (including phenoxy) is 1. The number of hydrogen-bond donors (Lipinski definition) is 1. The fourth-order valence-corrected chi connectivity index (χ4v) is 4.27. The minimum atomic E-state index is -0.000429. The first-order valence-electron chi connectivity index (χ1n) is 9.59. The van der Waals surface area contributed by atoms with Crippen LogP contribution in [0.15, 0.2) is 65.8 Å². The Kier molecular flexibility index (Phi) is 5.71. The second kappa shape index (κ2) is 8.57. The van der Waals surface area contributed by atoms with E-state index < -0.39 is 0 Å². The van der Waals surface area contributed by atoms with Crippen molar-refractivity contribution in [1.29, 1.82) is 0 Å². The third kappa shape index (κ3) is 4.22.